The van der Waals surface area contributed by atoms with Crippen molar-refractivity contribution in [1.29, 1.82) is 0 Å². The van der Waals surface area contributed by atoms with Crippen LogP contribution in [-0.4, -0.2) is 54.6 Å². The van der Waals surface area contributed by atoms with Gasteiger partial charge in [-0.3, -0.25) is 4.79 Å². The van der Waals surface area contributed by atoms with Crippen molar-refractivity contribution in [2.75, 3.05) is 23.1 Å². The van der Waals surface area contributed by atoms with E-state index in [0.717, 1.165) is 11.6 Å². The highest BCUT2D eigenvalue weighted by molar-refractivity contribution is 7.88. The Bertz CT molecular complexity index is 1670. The number of carbonyl (C=O) groups is 1. The number of pyridine rings is 1. The van der Waals surface area contributed by atoms with Crippen LogP contribution in [0.3, 0.4) is 0 Å². The number of fused-ring (bicyclic) bond motifs is 1. The van der Waals surface area contributed by atoms with Gasteiger partial charge in [-0.25, -0.2) is 28.5 Å². The molecule has 4 aromatic rings. The summed E-state index contributed by atoms with van der Waals surface area (Å²) in [5.41, 5.74) is 2.99. The summed E-state index contributed by atoms with van der Waals surface area (Å²) < 4.78 is 59.9. The normalized spacial score (nSPS) is 17.2. The van der Waals surface area contributed by atoms with Gasteiger partial charge in [-0.1, -0.05) is 43.3 Å². The number of halogens is 2. The van der Waals surface area contributed by atoms with Crippen molar-refractivity contribution in [1.82, 2.24) is 20.3 Å². The fourth-order valence-corrected chi connectivity index (χ4v) is 5.37. The summed E-state index contributed by atoms with van der Waals surface area (Å²) in [5.74, 6) is -1.52. The van der Waals surface area contributed by atoms with Crippen molar-refractivity contribution in [3.05, 3.63) is 77.7 Å². The number of aromatic nitrogens is 3. The molecule has 10 nitrogen and oxygen atoms in total. The molecule has 0 radical (unpaired) electrons. The molecule has 0 bridgehead atoms. The van der Waals surface area contributed by atoms with Crippen molar-refractivity contribution in [2.24, 2.45) is 0 Å². The number of alkyl halides is 1. The smallest absolute Gasteiger partial charge is 0.350 e. The molecule has 13 heteroatoms. The summed E-state index contributed by atoms with van der Waals surface area (Å²) in [6.45, 7) is 2.89. The highest BCUT2D eigenvalue weighted by Gasteiger charge is 2.23. The van der Waals surface area contributed by atoms with Gasteiger partial charge < -0.3 is 14.8 Å². The van der Waals surface area contributed by atoms with Crippen molar-refractivity contribution in [2.45, 2.75) is 38.4 Å². The first-order chi connectivity index (χ1) is 19.7. The number of anilines is 2. The number of aryl methyl sites for hydroxylation is 1. The van der Waals surface area contributed by atoms with Gasteiger partial charge in [0.15, 0.2) is 0 Å². The Hall–Kier alpha value is -4.23. The maximum absolute atomic E-state index is 15.0. The fraction of sp³-hybridized carbons (Fsp3) is 0.286. The van der Waals surface area contributed by atoms with Gasteiger partial charge in [0.05, 0.1) is 29.5 Å². The van der Waals surface area contributed by atoms with Crippen LogP contribution in [0.15, 0.2) is 60.8 Å². The molecule has 5 rings (SSSR count). The van der Waals surface area contributed by atoms with Crippen LogP contribution in [0.2, 0.25) is 0 Å². The van der Waals surface area contributed by atoms with Gasteiger partial charge in [-0.15, -0.1) is 0 Å². The maximum Gasteiger partial charge on any atom is 0.410 e. The quantitative estimate of drug-likeness (QED) is 0.268. The highest BCUT2D eigenvalue weighted by Crippen LogP contribution is 2.28. The molecule has 1 aliphatic heterocycles. The monoisotopic (exact) mass is 582 g/mol. The summed E-state index contributed by atoms with van der Waals surface area (Å²) in [6.07, 6.45) is 1.33. The van der Waals surface area contributed by atoms with Gasteiger partial charge in [0, 0.05) is 31.1 Å². The molecule has 1 fully saturated rings. The van der Waals surface area contributed by atoms with E-state index in [2.05, 4.69) is 29.8 Å². The van der Waals surface area contributed by atoms with E-state index < -0.39 is 28.3 Å². The van der Waals surface area contributed by atoms with Gasteiger partial charge in [0.25, 0.3) is 0 Å². The Morgan fingerprint density at radius 3 is 2.66 bits per heavy atom. The largest absolute Gasteiger partial charge is 0.410 e. The molecule has 0 spiro atoms. The van der Waals surface area contributed by atoms with E-state index in [1.165, 1.54) is 12.1 Å². The fourth-order valence-electron chi connectivity index (χ4n) is 4.59. The summed E-state index contributed by atoms with van der Waals surface area (Å²) >= 11 is 0. The Morgan fingerprint density at radius 1 is 1.12 bits per heavy atom. The number of nitrogens with zero attached hydrogens (tertiary/aromatic N) is 3. The highest BCUT2D eigenvalue weighted by atomic mass is 32.2. The lowest BCUT2D eigenvalue weighted by Gasteiger charge is -2.26. The van der Waals surface area contributed by atoms with Gasteiger partial charge in [-0.05, 0) is 35.7 Å². The third-order valence-electron chi connectivity index (χ3n) is 6.53. The molecule has 2 aromatic heterocycles. The zero-order valence-corrected chi connectivity index (χ0v) is 22.9. The van der Waals surface area contributed by atoms with E-state index in [1.54, 1.807) is 42.6 Å². The zero-order valence-electron chi connectivity index (χ0n) is 22.1. The van der Waals surface area contributed by atoms with Crippen molar-refractivity contribution >= 4 is 38.9 Å². The minimum atomic E-state index is -4.61. The zero-order chi connectivity index (χ0) is 29.0. The van der Waals surface area contributed by atoms with Crippen LogP contribution in [0.25, 0.3) is 22.3 Å². The molecule has 3 heterocycles. The first kappa shape index (κ1) is 28.3. The number of hydrogen-bond donors (Lipinski definition) is 3. The van der Waals surface area contributed by atoms with E-state index in [-0.39, 0.29) is 18.2 Å². The predicted octanol–water partition coefficient (Wildman–Crippen LogP) is 3.95. The molecule has 1 saturated heterocycles. The topological polar surface area (TPSA) is 135 Å². The van der Waals surface area contributed by atoms with Crippen LogP contribution in [0.1, 0.15) is 24.5 Å². The van der Waals surface area contributed by atoms with Crippen LogP contribution in [-0.2, 0) is 32.1 Å². The lowest BCUT2D eigenvalue weighted by Crippen LogP contribution is -2.44. The van der Waals surface area contributed by atoms with Gasteiger partial charge in [0.2, 0.25) is 5.95 Å². The lowest BCUT2D eigenvalue weighted by molar-refractivity contribution is -0.133. The van der Waals surface area contributed by atoms with Crippen molar-refractivity contribution < 1.29 is 26.2 Å². The molecule has 0 saturated carbocycles. The Labute approximate surface area is 235 Å². The summed E-state index contributed by atoms with van der Waals surface area (Å²) in [5, 5.41) is 6.20. The van der Waals surface area contributed by atoms with E-state index in [4.69, 9.17) is 0 Å². The van der Waals surface area contributed by atoms with Gasteiger partial charge in [0.1, 0.15) is 17.5 Å². The average Bonchev–Trinajstić information content (AvgIpc) is 2.93. The predicted molar refractivity (Wildman–Crippen MR) is 151 cm³/mol. The third-order valence-corrected chi connectivity index (χ3v) is 7.41. The van der Waals surface area contributed by atoms with Crippen molar-refractivity contribution in [3.8, 4) is 11.3 Å². The molecule has 0 aliphatic carbocycles. The number of piperidine rings is 1. The van der Waals surface area contributed by atoms with E-state index in [9.17, 15) is 22.0 Å². The molecular weight excluding hydrogens is 554 g/mol. The molecule has 0 amide bonds. The summed E-state index contributed by atoms with van der Waals surface area (Å²) in [7, 11) is -4.61. The first-order valence-corrected chi connectivity index (χ1v) is 14.5. The second kappa shape index (κ2) is 12.1. The number of rotatable bonds is 9. The molecule has 2 aromatic carbocycles. The summed E-state index contributed by atoms with van der Waals surface area (Å²) in [6, 6.07) is 14.0. The van der Waals surface area contributed by atoms with E-state index >= 15 is 0 Å². The molecule has 2 atom stereocenters. The first-order valence-electron chi connectivity index (χ1n) is 13.1. The number of carbonyl (C=O) groups excluding carboxylic acids is 1. The maximum atomic E-state index is 15.0. The lowest BCUT2D eigenvalue weighted by atomic mass is 10.1. The standard InChI is InChI=1S/C28H28F2N6O4S/c1-2-18-12-24(34-25-16-32-28(35-27(18)25)33-21-13-20(29)14-31-15-21)19-8-9-23(22(30)11-19)36-41(38,39)40-26(37)10-17-6-4-3-5-7-17/h3-9,11-12,16,20-21,31,36H,2,10,13-15H2,1H3,(H,32,33,35)/t20-,21-/m0/s1. The minimum absolute atomic E-state index is 0.139. The molecule has 0 unspecified atom stereocenters. The second-order valence-electron chi connectivity index (χ2n) is 9.65. The van der Waals surface area contributed by atoms with Crippen molar-refractivity contribution in [3.63, 3.8) is 0 Å². The average molecular weight is 583 g/mol. The number of benzene rings is 2. The number of hydrogen-bond acceptors (Lipinski definition) is 9. The van der Waals surface area contributed by atoms with Gasteiger partial charge >= 0.3 is 16.3 Å². The second-order valence-corrected chi connectivity index (χ2v) is 10.9. The molecular formula is C28H28F2N6O4S. The summed E-state index contributed by atoms with van der Waals surface area (Å²) in [4.78, 5) is 25.6. The van der Waals surface area contributed by atoms with Crippen LogP contribution in [0, 0.1) is 5.82 Å². The molecule has 3 N–H and O–H groups in total. The SMILES string of the molecule is CCc1cc(-c2ccc(NS(=O)(=O)OC(=O)Cc3ccccc3)c(F)c2)nc2cnc(N[C@@H]3CNC[C@@H](F)C3)nc12. The van der Waals surface area contributed by atoms with Gasteiger partial charge in [-0.2, -0.15) is 8.42 Å². The van der Waals surface area contributed by atoms with E-state index in [0.29, 0.717) is 59.7 Å². The molecule has 1 aliphatic rings. The molecule has 41 heavy (non-hydrogen) atoms. The number of nitrogens with one attached hydrogen (secondary N) is 3. The van der Waals surface area contributed by atoms with Crippen LogP contribution in [0.5, 0.6) is 0 Å². The Balaban J connectivity index is 1.32. The molecule has 214 valence electrons. The minimum Gasteiger partial charge on any atom is -0.350 e. The van der Waals surface area contributed by atoms with Crippen LogP contribution in [0.4, 0.5) is 20.4 Å². The van der Waals surface area contributed by atoms with Crippen LogP contribution >= 0.6 is 0 Å². The Kier molecular flexibility index (Phi) is 8.36. The van der Waals surface area contributed by atoms with E-state index in [1.807, 2.05) is 11.6 Å². The Morgan fingerprint density at radius 2 is 1.93 bits per heavy atom. The third kappa shape index (κ3) is 7.11. The van der Waals surface area contributed by atoms with Crippen LogP contribution < -0.4 is 15.4 Å².